The number of piperazine rings is 1. The number of aromatic hydroxyl groups is 1. The van der Waals surface area contributed by atoms with E-state index in [4.69, 9.17) is 4.42 Å². The maximum atomic E-state index is 13.0. The third-order valence-electron chi connectivity index (χ3n) is 7.72. The third-order valence-corrected chi connectivity index (χ3v) is 11.9. The summed E-state index contributed by atoms with van der Waals surface area (Å²) in [5.74, 6) is 0.699. The summed E-state index contributed by atoms with van der Waals surface area (Å²) in [5.41, 5.74) is 0.953. The van der Waals surface area contributed by atoms with Gasteiger partial charge in [0, 0.05) is 44.6 Å². The van der Waals surface area contributed by atoms with Crippen LogP contribution in [0.1, 0.15) is 64.8 Å². The summed E-state index contributed by atoms with van der Waals surface area (Å²) < 4.78 is 53.7. The molecule has 0 radical (unpaired) electrons. The lowest BCUT2D eigenvalue weighted by molar-refractivity contribution is 0.152. The Morgan fingerprint density at radius 3 is 2.47 bits per heavy atom. The second-order valence-electron chi connectivity index (χ2n) is 12.0. The Kier molecular flexibility index (Phi) is 11.1. The molecule has 0 amide bonds. The van der Waals surface area contributed by atoms with E-state index in [9.17, 15) is 17.7 Å². The van der Waals surface area contributed by atoms with Crippen molar-refractivity contribution in [3.05, 3.63) is 29.0 Å². The van der Waals surface area contributed by atoms with Gasteiger partial charge in [-0.2, -0.15) is 4.31 Å². The predicted octanol–water partition coefficient (Wildman–Crippen LogP) is 3.83. The average Bonchev–Trinajstić information content (AvgIpc) is 3.65. The number of hydrogen-bond donors (Lipinski definition) is 3. The third kappa shape index (κ3) is 8.25. The van der Waals surface area contributed by atoms with Crippen LogP contribution in [0.25, 0.3) is 0 Å². The molecule has 12 nitrogen and oxygen atoms in total. The first-order valence-corrected chi connectivity index (χ1v) is 18.1. The molecule has 0 spiro atoms. The summed E-state index contributed by atoms with van der Waals surface area (Å²) in [7, 11) is -1.69. The first kappa shape index (κ1) is 33.6. The van der Waals surface area contributed by atoms with Crippen LogP contribution in [-0.4, -0.2) is 96.4 Å². The molecule has 15 heteroatoms. The van der Waals surface area contributed by atoms with Crippen LogP contribution in [0, 0.1) is 5.41 Å². The number of thiophene rings is 1. The summed E-state index contributed by atoms with van der Waals surface area (Å²) in [6.07, 6.45) is 4.92. The Labute approximate surface area is 262 Å². The molecular formula is C28H45N7O5S3. The van der Waals surface area contributed by atoms with Crippen molar-refractivity contribution in [2.24, 2.45) is 14.2 Å². The topological polar surface area (TPSA) is 143 Å². The van der Waals surface area contributed by atoms with E-state index in [2.05, 4.69) is 63.1 Å². The summed E-state index contributed by atoms with van der Waals surface area (Å²) >= 11 is -0.970. The molecule has 1 fully saturated rings. The average molecular weight is 656 g/mol. The van der Waals surface area contributed by atoms with Crippen LogP contribution in [-0.2, 0) is 27.6 Å². The standard InChI is InChI=1S/C28H45N7O5S3/c1-7-35(8-2)43(38,39)27-23(36)21(19-41-27)29-25-26(32-42(37)31-25)30-24(28(3,4)5)22-17-20(18-40-22)11-9-10-12-34-15-13-33(6)14-16-34/h17-19,24,36H,7-16H2,1-6H3,(H,29,31)(H,30,32). The number of sulfonamides is 1. The van der Waals surface area contributed by atoms with E-state index in [0.717, 1.165) is 74.6 Å². The fourth-order valence-electron chi connectivity index (χ4n) is 5.12. The number of unbranched alkanes of at least 4 members (excludes halogenated alkanes) is 1. The first-order valence-electron chi connectivity index (χ1n) is 14.8. The summed E-state index contributed by atoms with van der Waals surface area (Å²) in [4.78, 5) is 4.89. The van der Waals surface area contributed by atoms with Crippen molar-refractivity contribution in [3.8, 4) is 5.75 Å². The van der Waals surface area contributed by atoms with Gasteiger partial charge in [-0.15, -0.1) is 20.1 Å². The number of nitrogens with one attached hydrogen (secondary N) is 2. The predicted molar refractivity (Wildman–Crippen MR) is 174 cm³/mol. The van der Waals surface area contributed by atoms with Gasteiger partial charge in [-0.3, -0.25) is 0 Å². The smallest absolute Gasteiger partial charge is 0.269 e. The highest BCUT2D eigenvalue weighted by Gasteiger charge is 2.34. The Hall–Kier alpha value is -2.30. The van der Waals surface area contributed by atoms with Gasteiger partial charge >= 0.3 is 0 Å². The minimum Gasteiger partial charge on any atom is -0.504 e. The van der Waals surface area contributed by atoms with E-state index < -0.39 is 26.9 Å². The number of likely N-dealkylation sites (N-methyl/N-ethyl adjacent to an activating group) is 1. The van der Waals surface area contributed by atoms with Crippen LogP contribution in [0.5, 0.6) is 5.75 Å². The van der Waals surface area contributed by atoms with Crippen LogP contribution in [0.3, 0.4) is 0 Å². The van der Waals surface area contributed by atoms with E-state index in [0.29, 0.717) is 0 Å². The van der Waals surface area contributed by atoms with Crippen molar-refractivity contribution in [3.63, 3.8) is 0 Å². The van der Waals surface area contributed by atoms with Gasteiger partial charge < -0.3 is 30.0 Å². The number of furan rings is 1. The number of aryl methyl sites for hydroxylation is 1. The first-order chi connectivity index (χ1) is 20.3. The molecule has 4 rings (SSSR count). The quantitative estimate of drug-likeness (QED) is 0.291. The zero-order chi connectivity index (χ0) is 31.4. The number of hydrogen-bond acceptors (Lipinski definition) is 10. The number of nitrogens with zero attached hydrogens (tertiary/aromatic N) is 5. The molecule has 0 bridgehead atoms. The van der Waals surface area contributed by atoms with Crippen LogP contribution < -0.4 is 10.6 Å². The molecular weight excluding hydrogens is 611 g/mol. The molecule has 2 aliphatic heterocycles. The van der Waals surface area contributed by atoms with Crippen LogP contribution in [0.15, 0.2) is 35.1 Å². The minimum absolute atomic E-state index is 0.142. The zero-order valence-corrected chi connectivity index (χ0v) is 28.4. The monoisotopic (exact) mass is 655 g/mol. The van der Waals surface area contributed by atoms with Crippen LogP contribution in [0.2, 0.25) is 0 Å². The summed E-state index contributed by atoms with van der Waals surface area (Å²) in [6, 6.07) is 1.73. The van der Waals surface area contributed by atoms with Gasteiger partial charge in [0.05, 0.1) is 18.0 Å². The number of anilines is 1. The van der Waals surface area contributed by atoms with Crippen molar-refractivity contribution >= 4 is 49.9 Å². The largest absolute Gasteiger partial charge is 0.504 e. The molecule has 43 heavy (non-hydrogen) atoms. The second kappa shape index (κ2) is 14.2. The number of amidine groups is 2. The van der Waals surface area contributed by atoms with Gasteiger partial charge in [0.15, 0.2) is 21.6 Å². The van der Waals surface area contributed by atoms with Crippen LogP contribution >= 0.6 is 11.3 Å². The Balaban J connectivity index is 1.42. The van der Waals surface area contributed by atoms with Gasteiger partial charge in [-0.1, -0.05) is 34.6 Å². The molecule has 2 aromatic heterocycles. The normalized spacial score (nSPS) is 19.5. The van der Waals surface area contributed by atoms with Crippen molar-refractivity contribution in [2.75, 3.05) is 58.2 Å². The zero-order valence-electron chi connectivity index (χ0n) is 25.9. The van der Waals surface area contributed by atoms with Crippen molar-refractivity contribution < 1.29 is 22.2 Å². The molecule has 2 atom stereocenters. The van der Waals surface area contributed by atoms with E-state index in [-0.39, 0.29) is 46.1 Å². The lowest BCUT2D eigenvalue weighted by Gasteiger charge is -2.32. The highest BCUT2D eigenvalue weighted by atomic mass is 32.2. The van der Waals surface area contributed by atoms with Gasteiger partial charge in [0.1, 0.15) is 5.76 Å². The van der Waals surface area contributed by atoms with Gasteiger partial charge in [-0.05, 0) is 49.9 Å². The molecule has 2 aromatic rings. The van der Waals surface area contributed by atoms with Crippen molar-refractivity contribution in [2.45, 2.75) is 64.1 Å². The second-order valence-corrected chi connectivity index (χ2v) is 15.9. The van der Waals surface area contributed by atoms with E-state index in [1.807, 2.05) is 0 Å². The lowest BCUT2D eigenvalue weighted by atomic mass is 9.85. The molecule has 3 N–H and O–H groups in total. The highest BCUT2D eigenvalue weighted by molar-refractivity contribution is 7.91. The Morgan fingerprint density at radius 2 is 1.81 bits per heavy atom. The van der Waals surface area contributed by atoms with Crippen molar-refractivity contribution in [1.82, 2.24) is 19.4 Å². The van der Waals surface area contributed by atoms with Crippen molar-refractivity contribution in [1.29, 1.82) is 0 Å². The Bertz CT molecular complexity index is 1430. The van der Waals surface area contributed by atoms with E-state index in [1.54, 1.807) is 20.1 Å². The molecule has 0 aromatic carbocycles. The Morgan fingerprint density at radius 1 is 1.14 bits per heavy atom. The maximum absolute atomic E-state index is 13.0. The SMILES string of the molecule is CCN(CC)S(=O)(=O)c1scc(NC2=NS(=O)N=C2NC(c2cc(CCCCN3CCN(C)CC3)co2)C(C)(C)C)c1O. The highest BCUT2D eigenvalue weighted by Crippen LogP contribution is 2.40. The van der Waals surface area contributed by atoms with Gasteiger partial charge in [0.2, 0.25) is 0 Å². The molecule has 0 saturated carbocycles. The summed E-state index contributed by atoms with van der Waals surface area (Å²) in [5, 5.41) is 18.6. The lowest BCUT2D eigenvalue weighted by Crippen LogP contribution is -2.44. The molecule has 4 heterocycles. The fourth-order valence-corrected chi connectivity index (χ4v) is 8.58. The molecule has 2 unspecified atom stereocenters. The van der Waals surface area contributed by atoms with E-state index >= 15 is 0 Å². The maximum Gasteiger partial charge on any atom is 0.269 e. The van der Waals surface area contributed by atoms with Gasteiger partial charge in [-0.25, -0.2) is 12.6 Å². The van der Waals surface area contributed by atoms with Crippen LogP contribution in [0.4, 0.5) is 5.69 Å². The fraction of sp³-hybridized carbons (Fsp3) is 0.643. The summed E-state index contributed by atoms with van der Waals surface area (Å²) in [6.45, 7) is 15.9. The molecule has 2 aliphatic rings. The molecule has 240 valence electrons. The molecule has 0 aliphatic carbocycles. The molecule has 1 saturated heterocycles. The minimum atomic E-state index is -3.86. The number of rotatable bonds is 12. The van der Waals surface area contributed by atoms with E-state index in [1.165, 1.54) is 9.69 Å². The van der Waals surface area contributed by atoms with Gasteiger partial charge in [0.25, 0.3) is 21.2 Å².